The molecule has 158 valence electrons. The number of imidazole rings is 2. The number of aromatic nitrogens is 5. The first-order valence-electron chi connectivity index (χ1n) is 9.47. The average Bonchev–Trinajstić information content (AvgIpc) is 3.22. The predicted octanol–water partition coefficient (Wildman–Crippen LogP) is 2.08. The van der Waals surface area contributed by atoms with E-state index in [0.717, 1.165) is 21.6 Å². The van der Waals surface area contributed by atoms with Crippen molar-refractivity contribution in [3.63, 3.8) is 0 Å². The molecule has 1 N–H and O–H groups in total. The molecule has 9 nitrogen and oxygen atoms in total. The van der Waals surface area contributed by atoms with Gasteiger partial charge in [0.15, 0.2) is 11.2 Å². The molecule has 3 heterocycles. The van der Waals surface area contributed by atoms with Gasteiger partial charge in [0.1, 0.15) is 5.75 Å². The fourth-order valence-electron chi connectivity index (χ4n) is 3.75. The second-order valence-electron chi connectivity index (χ2n) is 7.22. The second kappa shape index (κ2) is 7.24. The van der Waals surface area contributed by atoms with E-state index < -0.39 is 5.69 Å². The summed E-state index contributed by atoms with van der Waals surface area (Å²) in [5.41, 5.74) is 2.83. The number of hydrogen-bond acceptors (Lipinski definition) is 5. The van der Waals surface area contributed by atoms with Crippen molar-refractivity contribution in [1.82, 2.24) is 23.1 Å². The Bertz CT molecular complexity index is 1410. The van der Waals surface area contributed by atoms with Crippen LogP contribution in [0.3, 0.4) is 0 Å². The number of rotatable bonds is 5. The van der Waals surface area contributed by atoms with Gasteiger partial charge in [0.25, 0.3) is 5.56 Å². The molecule has 0 fully saturated rings. The standard InChI is InChI=1S/C20H23ClN6O3/c1-11-12(2)27-16-17(24(3)20(29)25(4)18(16)28)23-19(27)26(11)9-8-22-13-6-7-15(30-5)14(21)10-13/h6-7,10,22H,8-9H2,1-5H3. The Morgan fingerprint density at radius 3 is 2.53 bits per heavy atom. The van der Waals surface area contributed by atoms with E-state index in [9.17, 15) is 9.59 Å². The minimum Gasteiger partial charge on any atom is -0.495 e. The summed E-state index contributed by atoms with van der Waals surface area (Å²) in [5, 5.41) is 3.88. The molecule has 0 unspecified atom stereocenters. The van der Waals surface area contributed by atoms with Crippen molar-refractivity contribution in [3.05, 3.63) is 55.4 Å². The van der Waals surface area contributed by atoms with Crippen LogP contribution in [0.25, 0.3) is 16.9 Å². The van der Waals surface area contributed by atoms with Gasteiger partial charge in [-0.05, 0) is 32.0 Å². The van der Waals surface area contributed by atoms with Crippen LogP contribution >= 0.6 is 11.6 Å². The maximum absolute atomic E-state index is 12.8. The van der Waals surface area contributed by atoms with Gasteiger partial charge < -0.3 is 14.6 Å². The number of aryl methyl sites for hydroxylation is 2. The molecule has 0 radical (unpaired) electrons. The number of hydrogen-bond donors (Lipinski definition) is 1. The summed E-state index contributed by atoms with van der Waals surface area (Å²) < 4.78 is 11.6. The number of anilines is 1. The maximum Gasteiger partial charge on any atom is 0.332 e. The first-order valence-corrected chi connectivity index (χ1v) is 9.85. The van der Waals surface area contributed by atoms with Crippen LogP contribution in [0.5, 0.6) is 5.75 Å². The second-order valence-corrected chi connectivity index (χ2v) is 7.63. The minimum absolute atomic E-state index is 0.355. The van der Waals surface area contributed by atoms with Crippen LogP contribution < -0.4 is 21.3 Å². The van der Waals surface area contributed by atoms with Crippen LogP contribution in [-0.4, -0.2) is 36.7 Å². The topological polar surface area (TPSA) is 87.5 Å². The Morgan fingerprint density at radius 1 is 1.13 bits per heavy atom. The molecule has 10 heteroatoms. The number of fused-ring (bicyclic) bond motifs is 3. The summed E-state index contributed by atoms with van der Waals surface area (Å²) in [5.74, 6) is 1.25. The largest absolute Gasteiger partial charge is 0.495 e. The lowest BCUT2D eigenvalue weighted by atomic mass is 10.3. The summed E-state index contributed by atoms with van der Waals surface area (Å²) in [6.45, 7) is 5.17. The van der Waals surface area contributed by atoms with E-state index in [4.69, 9.17) is 16.3 Å². The summed E-state index contributed by atoms with van der Waals surface area (Å²) >= 11 is 6.19. The van der Waals surface area contributed by atoms with Crippen LogP contribution in [0.15, 0.2) is 27.8 Å². The van der Waals surface area contributed by atoms with Crippen LogP contribution in [0.1, 0.15) is 11.4 Å². The van der Waals surface area contributed by atoms with Gasteiger partial charge in [-0.1, -0.05) is 11.6 Å². The zero-order valence-electron chi connectivity index (χ0n) is 17.5. The van der Waals surface area contributed by atoms with Crippen molar-refractivity contribution in [1.29, 1.82) is 0 Å². The molecule has 0 atom stereocenters. The predicted molar refractivity (Wildman–Crippen MR) is 117 cm³/mol. The molecule has 3 aromatic heterocycles. The van der Waals surface area contributed by atoms with E-state index in [1.54, 1.807) is 14.2 Å². The molecular formula is C20H23ClN6O3. The van der Waals surface area contributed by atoms with E-state index in [1.807, 2.05) is 41.0 Å². The first kappa shape index (κ1) is 20.1. The number of halogens is 1. The van der Waals surface area contributed by atoms with Gasteiger partial charge in [0, 0.05) is 44.3 Å². The zero-order chi connectivity index (χ0) is 21.7. The van der Waals surface area contributed by atoms with Crippen LogP contribution in [0, 0.1) is 13.8 Å². The Morgan fingerprint density at radius 2 is 1.87 bits per heavy atom. The van der Waals surface area contributed by atoms with Crippen LogP contribution in [-0.2, 0) is 20.6 Å². The normalized spacial score (nSPS) is 11.5. The number of benzene rings is 1. The van der Waals surface area contributed by atoms with Gasteiger partial charge in [-0.25, -0.2) is 4.79 Å². The molecule has 0 saturated heterocycles. The molecular weight excluding hydrogens is 408 g/mol. The van der Waals surface area contributed by atoms with Crippen LogP contribution in [0.2, 0.25) is 5.02 Å². The molecule has 4 aromatic rings. The minimum atomic E-state index is -0.396. The van der Waals surface area contributed by atoms with E-state index in [2.05, 4.69) is 10.3 Å². The molecule has 4 rings (SSSR count). The molecule has 0 amide bonds. The molecule has 0 bridgehead atoms. The molecule has 0 aliphatic carbocycles. The SMILES string of the molecule is COc1ccc(NCCn2c(C)c(C)n3c4c(=O)n(C)c(=O)n(C)c4nc23)cc1Cl. The Kier molecular flexibility index (Phi) is 4.85. The third-order valence-electron chi connectivity index (χ3n) is 5.56. The monoisotopic (exact) mass is 430 g/mol. The van der Waals surface area contributed by atoms with E-state index in [0.29, 0.717) is 40.8 Å². The van der Waals surface area contributed by atoms with Gasteiger partial charge >= 0.3 is 5.69 Å². The highest BCUT2D eigenvalue weighted by molar-refractivity contribution is 6.32. The molecule has 0 saturated carbocycles. The third kappa shape index (κ3) is 2.88. The average molecular weight is 431 g/mol. The summed E-state index contributed by atoms with van der Waals surface area (Å²) in [6.07, 6.45) is 0. The summed E-state index contributed by atoms with van der Waals surface area (Å²) in [6, 6.07) is 5.52. The fraction of sp³-hybridized carbons (Fsp3) is 0.350. The fourth-order valence-corrected chi connectivity index (χ4v) is 4.00. The summed E-state index contributed by atoms with van der Waals surface area (Å²) in [7, 11) is 4.68. The number of nitrogens with zero attached hydrogens (tertiary/aromatic N) is 5. The van der Waals surface area contributed by atoms with Gasteiger partial charge in [-0.3, -0.25) is 18.3 Å². The Labute approximate surface area is 177 Å². The number of nitrogens with one attached hydrogen (secondary N) is 1. The zero-order valence-corrected chi connectivity index (χ0v) is 18.2. The highest BCUT2D eigenvalue weighted by atomic mass is 35.5. The van der Waals surface area contributed by atoms with Crippen molar-refractivity contribution in [2.24, 2.45) is 14.1 Å². The van der Waals surface area contributed by atoms with Crippen molar-refractivity contribution < 1.29 is 4.74 Å². The number of methoxy groups -OCH3 is 1. The van der Waals surface area contributed by atoms with Crippen molar-refractivity contribution in [3.8, 4) is 5.75 Å². The van der Waals surface area contributed by atoms with Gasteiger partial charge in [-0.15, -0.1) is 0 Å². The van der Waals surface area contributed by atoms with Crippen molar-refractivity contribution in [2.45, 2.75) is 20.4 Å². The summed E-state index contributed by atoms with van der Waals surface area (Å²) in [4.78, 5) is 29.7. The van der Waals surface area contributed by atoms with Gasteiger partial charge in [0.2, 0.25) is 5.78 Å². The third-order valence-corrected chi connectivity index (χ3v) is 5.86. The van der Waals surface area contributed by atoms with Crippen molar-refractivity contribution in [2.75, 3.05) is 19.0 Å². The van der Waals surface area contributed by atoms with Gasteiger partial charge in [-0.2, -0.15) is 4.98 Å². The Hall–Kier alpha value is -3.20. The lowest BCUT2D eigenvalue weighted by Gasteiger charge is -2.11. The highest BCUT2D eigenvalue weighted by Crippen LogP contribution is 2.27. The molecule has 0 spiro atoms. The lowest BCUT2D eigenvalue weighted by Crippen LogP contribution is -2.37. The first-order chi connectivity index (χ1) is 14.3. The van der Waals surface area contributed by atoms with Crippen molar-refractivity contribution >= 4 is 34.2 Å². The van der Waals surface area contributed by atoms with E-state index in [-0.39, 0.29) is 5.56 Å². The maximum atomic E-state index is 12.8. The molecule has 0 aliphatic rings. The van der Waals surface area contributed by atoms with Gasteiger partial charge in [0.05, 0.1) is 12.1 Å². The van der Waals surface area contributed by atoms with E-state index >= 15 is 0 Å². The lowest BCUT2D eigenvalue weighted by molar-refractivity contribution is 0.415. The van der Waals surface area contributed by atoms with E-state index in [1.165, 1.54) is 11.6 Å². The highest BCUT2D eigenvalue weighted by Gasteiger charge is 2.21. The van der Waals surface area contributed by atoms with Crippen LogP contribution in [0.4, 0.5) is 5.69 Å². The molecule has 1 aromatic carbocycles. The smallest absolute Gasteiger partial charge is 0.332 e. The quantitative estimate of drug-likeness (QED) is 0.523. The molecule has 30 heavy (non-hydrogen) atoms. The molecule has 0 aliphatic heterocycles. The number of ether oxygens (including phenoxy) is 1. The Balaban J connectivity index is 1.73.